The highest BCUT2D eigenvalue weighted by Crippen LogP contribution is 2.28. The van der Waals surface area contributed by atoms with Crippen LogP contribution in [-0.2, 0) is 13.5 Å². The molecule has 0 radical (unpaired) electrons. The Morgan fingerprint density at radius 1 is 1.53 bits per heavy atom. The van der Waals surface area contributed by atoms with Crippen LogP contribution in [0, 0.1) is 0 Å². The molecule has 1 amide bonds. The third kappa shape index (κ3) is 2.65. The fraction of sp³-hybridized carbons (Fsp3) is 0.250. The number of carbonyl (C=O) groups excluding carboxylic acids is 1. The Kier molecular flexibility index (Phi) is 3.66. The van der Waals surface area contributed by atoms with Gasteiger partial charge in [-0.15, -0.1) is 11.3 Å². The molecule has 2 aromatic heterocycles. The van der Waals surface area contributed by atoms with Gasteiger partial charge in [-0.25, -0.2) is 4.79 Å². The maximum atomic E-state index is 12.0. The maximum Gasteiger partial charge on any atom is 0.346 e. The molecule has 19 heavy (non-hydrogen) atoms. The molecule has 0 aromatic carbocycles. The van der Waals surface area contributed by atoms with E-state index in [1.54, 1.807) is 19.2 Å². The second-order valence-corrected chi connectivity index (χ2v) is 4.97. The molecule has 0 aliphatic rings. The Morgan fingerprint density at radius 3 is 2.74 bits per heavy atom. The standard InChI is InChI=1S/C12H13N3O3S/c1-3-7-6-9(19-10(7)12(17)18)14-11(16)8-4-5-13-15(8)2/h4-6H,3H2,1-2H3,(H,14,16)(H,17,18). The number of aryl methyl sites for hydroxylation is 2. The van der Waals surface area contributed by atoms with Gasteiger partial charge in [0.05, 0.1) is 5.00 Å². The van der Waals surface area contributed by atoms with Crippen molar-refractivity contribution < 1.29 is 14.7 Å². The number of hydrogen-bond acceptors (Lipinski definition) is 4. The van der Waals surface area contributed by atoms with E-state index in [0.29, 0.717) is 17.1 Å². The normalized spacial score (nSPS) is 10.4. The summed E-state index contributed by atoms with van der Waals surface area (Å²) in [5.41, 5.74) is 1.14. The lowest BCUT2D eigenvalue weighted by atomic mass is 10.2. The second-order valence-electron chi connectivity index (χ2n) is 3.92. The summed E-state index contributed by atoms with van der Waals surface area (Å²) >= 11 is 1.06. The van der Waals surface area contributed by atoms with Gasteiger partial charge in [0.15, 0.2) is 0 Å². The van der Waals surface area contributed by atoms with Crippen molar-refractivity contribution in [1.29, 1.82) is 0 Å². The molecule has 0 aliphatic heterocycles. The third-order valence-corrected chi connectivity index (χ3v) is 3.76. The van der Waals surface area contributed by atoms with Gasteiger partial charge in [0.25, 0.3) is 5.91 Å². The van der Waals surface area contributed by atoms with Crippen molar-refractivity contribution in [1.82, 2.24) is 9.78 Å². The Labute approximate surface area is 113 Å². The molecule has 0 aliphatic carbocycles. The number of carboxylic acid groups (broad SMARTS) is 1. The first kappa shape index (κ1) is 13.3. The number of hydrogen-bond donors (Lipinski definition) is 2. The highest BCUT2D eigenvalue weighted by atomic mass is 32.1. The quantitative estimate of drug-likeness (QED) is 0.896. The number of nitrogens with zero attached hydrogens (tertiary/aromatic N) is 2. The SMILES string of the molecule is CCc1cc(NC(=O)c2ccnn2C)sc1C(=O)O. The van der Waals surface area contributed by atoms with E-state index in [1.165, 1.54) is 10.9 Å². The number of nitrogens with one attached hydrogen (secondary N) is 1. The fourth-order valence-electron chi connectivity index (χ4n) is 1.71. The molecule has 0 atom stereocenters. The van der Waals surface area contributed by atoms with Crippen LogP contribution in [0.1, 0.15) is 32.6 Å². The van der Waals surface area contributed by atoms with E-state index in [1.807, 2.05) is 6.92 Å². The molecule has 0 unspecified atom stereocenters. The summed E-state index contributed by atoms with van der Waals surface area (Å²) in [6, 6.07) is 3.30. The molecule has 100 valence electrons. The summed E-state index contributed by atoms with van der Waals surface area (Å²) in [4.78, 5) is 23.3. The van der Waals surface area contributed by atoms with Gasteiger partial charge < -0.3 is 10.4 Å². The molecule has 2 aromatic rings. The number of aromatic nitrogens is 2. The first-order valence-corrected chi connectivity index (χ1v) is 6.50. The third-order valence-electron chi connectivity index (χ3n) is 2.67. The van der Waals surface area contributed by atoms with Crippen molar-refractivity contribution in [2.45, 2.75) is 13.3 Å². The van der Waals surface area contributed by atoms with Gasteiger partial charge in [-0.1, -0.05) is 6.92 Å². The lowest BCUT2D eigenvalue weighted by Gasteiger charge is -2.01. The highest BCUT2D eigenvalue weighted by molar-refractivity contribution is 7.18. The highest BCUT2D eigenvalue weighted by Gasteiger charge is 2.17. The number of anilines is 1. The Hall–Kier alpha value is -2.15. The van der Waals surface area contributed by atoms with Gasteiger partial charge in [-0.2, -0.15) is 5.10 Å². The number of amides is 1. The average Bonchev–Trinajstić information content (AvgIpc) is 2.95. The van der Waals surface area contributed by atoms with Crippen molar-refractivity contribution in [2.75, 3.05) is 5.32 Å². The molecule has 2 rings (SSSR count). The van der Waals surface area contributed by atoms with Gasteiger partial charge in [-0.05, 0) is 24.1 Å². The first-order valence-electron chi connectivity index (χ1n) is 5.68. The minimum absolute atomic E-state index is 0.266. The van der Waals surface area contributed by atoms with Crippen LogP contribution in [0.25, 0.3) is 0 Å². The first-order chi connectivity index (χ1) is 9.02. The van der Waals surface area contributed by atoms with Crippen LogP contribution < -0.4 is 5.32 Å². The molecule has 2 heterocycles. The summed E-state index contributed by atoms with van der Waals surface area (Å²) in [6.45, 7) is 1.88. The zero-order chi connectivity index (χ0) is 14.0. The smallest absolute Gasteiger partial charge is 0.346 e. The predicted molar refractivity (Wildman–Crippen MR) is 71.8 cm³/mol. The zero-order valence-corrected chi connectivity index (χ0v) is 11.3. The molecular weight excluding hydrogens is 266 g/mol. The molecule has 7 heteroatoms. The largest absolute Gasteiger partial charge is 0.477 e. The average molecular weight is 279 g/mol. The van der Waals surface area contributed by atoms with Crippen LogP contribution in [0.4, 0.5) is 5.00 Å². The van der Waals surface area contributed by atoms with Crippen molar-refractivity contribution in [3.63, 3.8) is 0 Å². The monoisotopic (exact) mass is 279 g/mol. The fourth-order valence-corrected chi connectivity index (χ4v) is 2.69. The van der Waals surface area contributed by atoms with Gasteiger partial charge >= 0.3 is 5.97 Å². The number of carboxylic acids is 1. The zero-order valence-electron chi connectivity index (χ0n) is 10.5. The van der Waals surface area contributed by atoms with Crippen LogP contribution in [-0.4, -0.2) is 26.8 Å². The van der Waals surface area contributed by atoms with Crippen LogP contribution in [0.2, 0.25) is 0 Å². The maximum absolute atomic E-state index is 12.0. The Bertz CT molecular complexity index is 630. The predicted octanol–water partition coefficient (Wildman–Crippen LogP) is 1.99. The molecule has 0 spiro atoms. The van der Waals surface area contributed by atoms with Crippen molar-refractivity contribution in [3.05, 3.63) is 34.5 Å². The molecule has 0 bridgehead atoms. The van der Waals surface area contributed by atoms with Crippen molar-refractivity contribution in [2.24, 2.45) is 7.05 Å². The van der Waals surface area contributed by atoms with Gasteiger partial charge in [0.2, 0.25) is 0 Å². The van der Waals surface area contributed by atoms with Crippen LogP contribution in [0.5, 0.6) is 0 Å². The van der Waals surface area contributed by atoms with E-state index in [0.717, 1.165) is 16.9 Å². The van der Waals surface area contributed by atoms with Crippen LogP contribution >= 0.6 is 11.3 Å². The lowest BCUT2D eigenvalue weighted by Crippen LogP contribution is -2.15. The van der Waals surface area contributed by atoms with Gasteiger partial charge in [0.1, 0.15) is 10.6 Å². The summed E-state index contributed by atoms with van der Waals surface area (Å²) in [6.07, 6.45) is 2.14. The van der Waals surface area contributed by atoms with Gasteiger partial charge in [-0.3, -0.25) is 9.48 Å². The van der Waals surface area contributed by atoms with E-state index in [-0.39, 0.29) is 10.8 Å². The number of aromatic carboxylic acids is 1. The second kappa shape index (κ2) is 5.23. The van der Waals surface area contributed by atoms with Crippen LogP contribution in [0.15, 0.2) is 18.3 Å². The number of thiophene rings is 1. The van der Waals surface area contributed by atoms with E-state index < -0.39 is 5.97 Å². The van der Waals surface area contributed by atoms with E-state index >= 15 is 0 Å². The van der Waals surface area contributed by atoms with Crippen molar-refractivity contribution in [3.8, 4) is 0 Å². The Balaban J connectivity index is 2.22. The summed E-state index contributed by atoms with van der Waals surface area (Å²) in [7, 11) is 1.67. The van der Waals surface area contributed by atoms with Crippen molar-refractivity contribution >= 4 is 28.2 Å². The molecule has 2 N–H and O–H groups in total. The molecule has 6 nitrogen and oxygen atoms in total. The van der Waals surface area contributed by atoms with E-state index in [9.17, 15) is 9.59 Å². The van der Waals surface area contributed by atoms with E-state index in [2.05, 4.69) is 10.4 Å². The molecule has 0 saturated carbocycles. The van der Waals surface area contributed by atoms with E-state index in [4.69, 9.17) is 5.11 Å². The summed E-state index contributed by atoms with van der Waals surface area (Å²) < 4.78 is 1.46. The summed E-state index contributed by atoms with van der Waals surface area (Å²) in [5, 5.41) is 16.2. The Morgan fingerprint density at radius 2 is 2.26 bits per heavy atom. The van der Waals surface area contributed by atoms with Gasteiger partial charge in [0, 0.05) is 13.2 Å². The number of carbonyl (C=O) groups is 2. The topological polar surface area (TPSA) is 84.2 Å². The minimum Gasteiger partial charge on any atom is -0.477 e. The lowest BCUT2D eigenvalue weighted by molar-refractivity contribution is 0.0701. The summed E-state index contributed by atoms with van der Waals surface area (Å²) in [5.74, 6) is -1.27. The minimum atomic E-state index is -0.970. The molecule has 0 saturated heterocycles. The van der Waals surface area contributed by atoms with Crippen LogP contribution in [0.3, 0.4) is 0 Å². The molecular formula is C12H13N3O3S. The number of rotatable bonds is 4. The molecule has 0 fully saturated rings.